The number of carbonyl (C=O) groups is 1. The fraction of sp³-hybridized carbons (Fsp3) is 0.692. The maximum absolute atomic E-state index is 11.6. The van der Waals surface area contributed by atoms with Crippen LogP contribution in [-0.2, 0) is 27.7 Å². The average Bonchev–Trinajstić information content (AvgIpc) is 2.95. The van der Waals surface area contributed by atoms with Crippen molar-refractivity contribution in [2.75, 3.05) is 18.1 Å². The van der Waals surface area contributed by atoms with Crippen molar-refractivity contribution in [2.24, 2.45) is 0 Å². The molecule has 1 aromatic heterocycles. The van der Waals surface area contributed by atoms with Crippen LogP contribution in [0.25, 0.3) is 0 Å². The fourth-order valence-electron chi connectivity index (χ4n) is 2.68. The molecule has 1 atom stereocenters. The first-order chi connectivity index (χ1) is 9.91. The van der Waals surface area contributed by atoms with Gasteiger partial charge >= 0.3 is 5.97 Å². The van der Waals surface area contributed by atoms with E-state index in [1.165, 1.54) is 0 Å². The van der Waals surface area contributed by atoms with Gasteiger partial charge in [-0.05, 0) is 12.8 Å². The monoisotopic (exact) mass is 315 g/mol. The summed E-state index contributed by atoms with van der Waals surface area (Å²) in [5, 5.41) is 9.06. The third-order valence-electron chi connectivity index (χ3n) is 3.69. The van der Waals surface area contributed by atoms with Crippen molar-refractivity contribution in [3.05, 3.63) is 18.2 Å². The second-order valence-corrected chi connectivity index (χ2v) is 7.66. The van der Waals surface area contributed by atoms with Crippen LogP contribution < -0.4 is 0 Å². The molecule has 2 heterocycles. The second-order valence-electron chi connectivity index (χ2n) is 5.43. The lowest BCUT2D eigenvalue weighted by atomic mass is 10.2. The molecule has 1 fully saturated rings. The zero-order chi connectivity index (χ0) is 15.5. The van der Waals surface area contributed by atoms with E-state index in [1.807, 2.05) is 4.57 Å². The Morgan fingerprint density at radius 3 is 2.90 bits per heavy atom. The van der Waals surface area contributed by atoms with Gasteiger partial charge in [-0.1, -0.05) is 6.92 Å². The molecule has 8 heteroatoms. The maximum atomic E-state index is 11.6. The SMILES string of the molecule is CCCn1cncc1CN(CC(=O)O)C1CCS(=O)(=O)C1. The molecule has 1 unspecified atom stereocenters. The lowest BCUT2D eigenvalue weighted by Gasteiger charge is -2.26. The van der Waals surface area contributed by atoms with Gasteiger partial charge in [-0.3, -0.25) is 9.69 Å². The predicted molar refractivity (Wildman–Crippen MR) is 77.6 cm³/mol. The van der Waals surface area contributed by atoms with Crippen LogP contribution in [0.2, 0.25) is 0 Å². The van der Waals surface area contributed by atoms with Crippen molar-refractivity contribution >= 4 is 15.8 Å². The van der Waals surface area contributed by atoms with Crippen LogP contribution in [0.5, 0.6) is 0 Å². The van der Waals surface area contributed by atoms with Crippen LogP contribution in [0, 0.1) is 0 Å². The molecular weight excluding hydrogens is 294 g/mol. The maximum Gasteiger partial charge on any atom is 0.317 e. The van der Waals surface area contributed by atoms with E-state index in [-0.39, 0.29) is 24.1 Å². The molecular formula is C13H21N3O4S. The number of rotatable bonds is 7. The van der Waals surface area contributed by atoms with Gasteiger partial charge in [-0.2, -0.15) is 0 Å². The molecule has 118 valence electrons. The third kappa shape index (κ3) is 4.28. The molecule has 2 rings (SSSR count). The van der Waals surface area contributed by atoms with Crippen molar-refractivity contribution in [1.29, 1.82) is 0 Å². The largest absolute Gasteiger partial charge is 0.480 e. The number of hydrogen-bond acceptors (Lipinski definition) is 5. The Balaban J connectivity index is 2.13. The number of imidazole rings is 1. The smallest absolute Gasteiger partial charge is 0.317 e. The number of aryl methyl sites for hydroxylation is 1. The van der Waals surface area contributed by atoms with Gasteiger partial charge in [0.1, 0.15) is 0 Å². The van der Waals surface area contributed by atoms with Crippen LogP contribution in [0.3, 0.4) is 0 Å². The number of sulfone groups is 1. The summed E-state index contributed by atoms with van der Waals surface area (Å²) in [6, 6.07) is -0.226. The Labute approximate surface area is 124 Å². The summed E-state index contributed by atoms with van der Waals surface area (Å²) >= 11 is 0. The Kier molecular flexibility index (Phi) is 5.00. The van der Waals surface area contributed by atoms with Crippen LogP contribution in [-0.4, -0.2) is 58.0 Å². The first kappa shape index (κ1) is 16.0. The summed E-state index contributed by atoms with van der Waals surface area (Å²) in [7, 11) is -3.03. The van der Waals surface area contributed by atoms with E-state index in [4.69, 9.17) is 5.11 Å². The zero-order valence-electron chi connectivity index (χ0n) is 12.1. The minimum atomic E-state index is -3.03. The minimum Gasteiger partial charge on any atom is -0.480 e. The molecule has 0 aromatic carbocycles. The fourth-order valence-corrected chi connectivity index (χ4v) is 4.44. The van der Waals surface area contributed by atoms with E-state index < -0.39 is 15.8 Å². The van der Waals surface area contributed by atoms with Gasteiger partial charge < -0.3 is 9.67 Å². The zero-order valence-corrected chi connectivity index (χ0v) is 12.9. The molecule has 1 aromatic rings. The molecule has 0 aliphatic carbocycles. The summed E-state index contributed by atoms with van der Waals surface area (Å²) in [5.41, 5.74) is 0.919. The molecule has 0 amide bonds. The molecule has 1 aliphatic heterocycles. The highest BCUT2D eigenvalue weighted by Crippen LogP contribution is 2.20. The Bertz CT molecular complexity index is 596. The molecule has 0 radical (unpaired) electrons. The van der Waals surface area contributed by atoms with E-state index in [9.17, 15) is 13.2 Å². The first-order valence-electron chi connectivity index (χ1n) is 7.06. The topological polar surface area (TPSA) is 92.5 Å². The van der Waals surface area contributed by atoms with Gasteiger partial charge in [0.05, 0.1) is 30.1 Å². The van der Waals surface area contributed by atoms with E-state index in [1.54, 1.807) is 17.4 Å². The molecule has 0 saturated carbocycles. The van der Waals surface area contributed by atoms with Crippen molar-refractivity contribution in [2.45, 2.75) is 38.9 Å². The van der Waals surface area contributed by atoms with Crippen LogP contribution in [0.15, 0.2) is 12.5 Å². The van der Waals surface area contributed by atoms with Crippen molar-refractivity contribution in [3.63, 3.8) is 0 Å². The van der Waals surface area contributed by atoms with E-state index in [0.717, 1.165) is 18.7 Å². The first-order valence-corrected chi connectivity index (χ1v) is 8.88. The summed E-state index contributed by atoms with van der Waals surface area (Å²) in [5.74, 6) is -0.759. The lowest BCUT2D eigenvalue weighted by Crippen LogP contribution is -2.39. The number of nitrogens with zero attached hydrogens (tertiary/aromatic N) is 3. The molecule has 0 spiro atoms. The average molecular weight is 315 g/mol. The standard InChI is InChI=1S/C13H21N3O4S/c1-2-4-15-10-14-6-12(15)7-16(8-13(17)18)11-3-5-21(19,20)9-11/h6,10-11H,2-5,7-9H2,1H3,(H,17,18). The third-order valence-corrected chi connectivity index (χ3v) is 5.44. The van der Waals surface area contributed by atoms with E-state index in [2.05, 4.69) is 11.9 Å². The molecule has 1 saturated heterocycles. The van der Waals surface area contributed by atoms with Gasteiger partial charge in [0.15, 0.2) is 9.84 Å². The van der Waals surface area contributed by atoms with Crippen molar-refractivity contribution in [1.82, 2.24) is 14.5 Å². The van der Waals surface area contributed by atoms with Crippen LogP contribution in [0.1, 0.15) is 25.5 Å². The number of hydrogen-bond donors (Lipinski definition) is 1. The van der Waals surface area contributed by atoms with Gasteiger partial charge in [0.25, 0.3) is 0 Å². The molecule has 21 heavy (non-hydrogen) atoms. The van der Waals surface area contributed by atoms with E-state index in [0.29, 0.717) is 13.0 Å². The van der Waals surface area contributed by atoms with E-state index >= 15 is 0 Å². The molecule has 1 N–H and O–H groups in total. The van der Waals surface area contributed by atoms with Crippen LogP contribution >= 0.6 is 0 Å². The minimum absolute atomic E-state index is 0.0438. The molecule has 1 aliphatic rings. The molecule has 7 nitrogen and oxygen atoms in total. The van der Waals surface area contributed by atoms with Crippen LogP contribution in [0.4, 0.5) is 0 Å². The Hall–Kier alpha value is -1.41. The van der Waals surface area contributed by atoms with Gasteiger partial charge in [-0.15, -0.1) is 0 Å². The normalized spacial score (nSPS) is 21.0. The predicted octanol–water partition coefficient (Wildman–Crippen LogP) is 0.367. The summed E-state index contributed by atoms with van der Waals surface area (Å²) in [6.07, 6.45) is 4.90. The highest BCUT2D eigenvalue weighted by Gasteiger charge is 2.33. The Morgan fingerprint density at radius 2 is 2.33 bits per heavy atom. The number of carboxylic acids is 1. The summed E-state index contributed by atoms with van der Waals surface area (Å²) in [6.45, 7) is 3.13. The highest BCUT2D eigenvalue weighted by molar-refractivity contribution is 7.91. The summed E-state index contributed by atoms with van der Waals surface area (Å²) < 4.78 is 25.2. The quantitative estimate of drug-likeness (QED) is 0.781. The lowest BCUT2D eigenvalue weighted by molar-refractivity contribution is -0.139. The number of carboxylic acid groups (broad SMARTS) is 1. The number of aromatic nitrogens is 2. The van der Waals surface area contributed by atoms with Gasteiger partial charge in [0, 0.05) is 25.3 Å². The number of aliphatic carboxylic acids is 1. The summed E-state index contributed by atoms with van der Waals surface area (Å²) in [4.78, 5) is 16.9. The second kappa shape index (κ2) is 6.57. The van der Waals surface area contributed by atoms with Crippen molar-refractivity contribution in [3.8, 4) is 0 Å². The van der Waals surface area contributed by atoms with Gasteiger partial charge in [-0.25, -0.2) is 13.4 Å². The molecule has 0 bridgehead atoms. The van der Waals surface area contributed by atoms with Gasteiger partial charge in [0.2, 0.25) is 0 Å². The van der Waals surface area contributed by atoms with Crippen molar-refractivity contribution < 1.29 is 18.3 Å². The highest BCUT2D eigenvalue weighted by atomic mass is 32.2. The Morgan fingerprint density at radius 1 is 1.57 bits per heavy atom.